The third kappa shape index (κ3) is 4.80. The summed E-state index contributed by atoms with van der Waals surface area (Å²) in [5.41, 5.74) is 6.54. The molecule has 0 unspecified atom stereocenters. The molecule has 0 atom stereocenters. The van der Waals surface area contributed by atoms with Gasteiger partial charge in [0.1, 0.15) is 11.2 Å². The van der Waals surface area contributed by atoms with Gasteiger partial charge in [0.2, 0.25) is 0 Å². The second-order valence-electron chi connectivity index (χ2n) is 13.6. The minimum Gasteiger partial charge on any atom is -0.455 e. The third-order valence-corrected chi connectivity index (χ3v) is 10.5. The highest BCUT2D eigenvalue weighted by atomic mass is 16.3. The molecule has 0 aliphatic heterocycles. The highest BCUT2D eigenvalue weighted by Crippen LogP contribution is 2.43. The number of fused-ring (bicyclic) bond motifs is 8. The molecule has 0 saturated heterocycles. The minimum atomic E-state index is 0.595. The lowest BCUT2D eigenvalue weighted by atomic mass is 9.94. The van der Waals surface area contributed by atoms with Gasteiger partial charge in [-0.1, -0.05) is 146 Å². The van der Waals surface area contributed by atoms with E-state index in [-0.39, 0.29) is 0 Å². The van der Waals surface area contributed by atoms with Gasteiger partial charge < -0.3 is 4.42 Å². The predicted octanol–water partition coefficient (Wildman–Crippen LogP) is 13.1. The quantitative estimate of drug-likeness (QED) is 0.174. The van der Waals surface area contributed by atoms with E-state index >= 15 is 0 Å². The molecule has 0 N–H and O–H groups in total. The van der Waals surface area contributed by atoms with E-state index in [2.05, 4.69) is 164 Å². The molecule has 53 heavy (non-hydrogen) atoms. The Bertz CT molecular complexity index is 3250. The predicted molar refractivity (Wildman–Crippen MR) is 219 cm³/mol. The van der Waals surface area contributed by atoms with Gasteiger partial charge in [-0.3, -0.25) is 0 Å². The third-order valence-electron chi connectivity index (χ3n) is 10.5. The van der Waals surface area contributed by atoms with Crippen molar-refractivity contribution in [2.24, 2.45) is 0 Å². The maximum Gasteiger partial charge on any atom is 0.164 e. The van der Waals surface area contributed by atoms with Crippen LogP contribution in [0.2, 0.25) is 0 Å². The van der Waals surface area contributed by atoms with Crippen molar-refractivity contribution in [3.63, 3.8) is 0 Å². The van der Waals surface area contributed by atoms with Gasteiger partial charge in [0.15, 0.2) is 17.5 Å². The van der Waals surface area contributed by atoms with Crippen LogP contribution in [0, 0.1) is 0 Å². The van der Waals surface area contributed by atoms with Crippen molar-refractivity contribution in [1.29, 1.82) is 0 Å². The molecule has 0 spiro atoms. The highest BCUT2D eigenvalue weighted by Gasteiger charge is 2.21. The fourth-order valence-corrected chi connectivity index (χ4v) is 7.91. The van der Waals surface area contributed by atoms with Crippen molar-refractivity contribution < 1.29 is 4.42 Å². The van der Waals surface area contributed by atoms with Crippen LogP contribution in [-0.4, -0.2) is 15.0 Å². The molecule has 0 aliphatic rings. The molecule has 4 nitrogen and oxygen atoms in total. The Hall–Kier alpha value is -7.17. The van der Waals surface area contributed by atoms with Crippen molar-refractivity contribution in [2.75, 3.05) is 0 Å². The normalized spacial score (nSPS) is 11.8. The van der Waals surface area contributed by atoms with Crippen molar-refractivity contribution >= 4 is 65.0 Å². The zero-order valence-corrected chi connectivity index (χ0v) is 28.5. The van der Waals surface area contributed by atoms with Gasteiger partial charge in [0.25, 0.3) is 0 Å². The molecule has 0 radical (unpaired) electrons. The van der Waals surface area contributed by atoms with E-state index in [4.69, 9.17) is 19.4 Å². The fourth-order valence-electron chi connectivity index (χ4n) is 7.91. The Morgan fingerprint density at radius 1 is 0.321 bits per heavy atom. The number of hydrogen-bond donors (Lipinski definition) is 0. The molecule has 0 saturated carbocycles. The Balaban J connectivity index is 1.19. The van der Waals surface area contributed by atoms with Crippen LogP contribution in [-0.2, 0) is 0 Å². The first-order chi connectivity index (χ1) is 26.2. The Kier molecular flexibility index (Phi) is 6.52. The zero-order chi connectivity index (χ0) is 34.9. The molecule has 2 heterocycles. The first kappa shape index (κ1) is 29.5. The molecule has 11 aromatic rings. The van der Waals surface area contributed by atoms with Crippen LogP contribution in [0.15, 0.2) is 180 Å². The lowest BCUT2D eigenvalue weighted by Gasteiger charge is -2.12. The standard InChI is InChI=1S/C49H29N3O/c1-2-13-34-28-35(24-20-30(34)10-1)47-50-48(36-25-23-33-22-21-32-12-4-6-16-38(32)43(33)29-36)52-49(51-47)42-27-26-40(39-18-9-14-31-11-3-5-15-37(31)39)46-45(42)41-17-7-8-19-44(41)53-46/h1-29H. The number of aromatic nitrogens is 3. The van der Waals surface area contributed by atoms with Gasteiger partial charge in [0, 0.05) is 33.0 Å². The van der Waals surface area contributed by atoms with E-state index in [0.717, 1.165) is 60.5 Å². The van der Waals surface area contributed by atoms with E-state index in [0.29, 0.717) is 17.5 Å². The summed E-state index contributed by atoms with van der Waals surface area (Å²) in [5.74, 6) is 1.83. The molecule has 4 heteroatoms. The molecular weight excluding hydrogens is 647 g/mol. The van der Waals surface area contributed by atoms with Crippen molar-refractivity contribution in [3.05, 3.63) is 176 Å². The van der Waals surface area contributed by atoms with Crippen molar-refractivity contribution in [1.82, 2.24) is 15.0 Å². The van der Waals surface area contributed by atoms with E-state index in [1.165, 1.54) is 32.3 Å². The summed E-state index contributed by atoms with van der Waals surface area (Å²) < 4.78 is 6.74. The van der Waals surface area contributed by atoms with Gasteiger partial charge in [-0.15, -0.1) is 0 Å². The number of para-hydroxylation sites is 1. The topological polar surface area (TPSA) is 51.8 Å². The zero-order valence-electron chi connectivity index (χ0n) is 28.5. The van der Waals surface area contributed by atoms with Crippen LogP contribution in [0.5, 0.6) is 0 Å². The summed E-state index contributed by atoms with van der Waals surface area (Å²) in [6, 6.07) is 61.6. The Morgan fingerprint density at radius 2 is 0.868 bits per heavy atom. The lowest BCUT2D eigenvalue weighted by Crippen LogP contribution is -2.01. The summed E-state index contributed by atoms with van der Waals surface area (Å²) >= 11 is 0. The molecule has 0 bridgehead atoms. The maximum absolute atomic E-state index is 6.74. The van der Waals surface area contributed by atoms with Gasteiger partial charge in [-0.2, -0.15) is 0 Å². The highest BCUT2D eigenvalue weighted by molar-refractivity contribution is 6.17. The van der Waals surface area contributed by atoms with E-state index in [1.54, 1.807) is 0 Å². The smallest absolute Gasteiger partial charge is 0.164 e. The average Bonchev–Trinajstić information content (AvgIpc) is 3.62. The molecule has 0 amide bonds. The second kappa shape index (κ2) is 11.7. The summed E-state index contributed by atoms with van der Waals surface area (Å²) in [6.07, 6.45) is 0. The minimum absolute atomic E-state index is 0.595. The van der Waals surface area contributed by atoms with Crippen molar-refractivity contribution in [2.45, 2.75) is 0 Å². The van der Waals surface area contributed by atoms with Crippen molar-refractivity contribution in [3.8, 4) is 45.3 Å². The molecule has 11 rings (SSSR count). The average molecular weight is 676 g/mol. The number of hydrogen-bond acceptors (Lipinski definition) is 4. The second-order valence-corrected chi connectivity index (χ2v) is 13.6. The van der Waals surface area contributed by atoms with E-state index < -0.39 is 0 Å². The summed E-state index contributed by atoms with van der Waals surface area (Å²) in [7, 11) is 0. The number of nitrogens with zero attached hydrogens (tertiary/aromatic N) is 3. The van der Waals surface area contributed by atoms with E-state index in [9.17, 15) is 0 Å². The molecular formula is C49H29N3O. The number of furan rings is 1. The van der Waals surface area contributed by atoms with Crippen LogP contribution in [0.1, 0.15) is 0 Å². The fraction of sp³-hybridized carbons (Fsp3) is 0. The molecule has 0 aliphatic carbocycles. The number of rotatable bonds is 4. The molecule has 2 aromatic heterocycles. The SMILES string of the molecule is c1ccc2cc(-c3nc(-c4ccc5ccc6ccccc6c5c4)nc(-c4ccc(-c5cccc6ccccc56)c5oc6ccccc6c45)n3)ccc2c1. The monoisotopic (exact) mass is 675 g/mol. The molecule has 0 fully saturated rings. The summed E-state index contributed by atoms with van der Waals surface area (Å²) in [6.45, 7) is 0. The van der Waals surface area contributed by atoms with Crippen LogP contribution in [0.3, 0.4) is 0 Å². The number of benzene rings is 9. The van der Waals surface area contributed by atoms with Gasteiger partial charge >= 0.3 is 0 Å². The summed E-state index contributed by atoms with van der Waals surface area (Å²) in [4.78, 5) is 15.7. The largest absolute Gasteiger partial charge is 0.455 e. The Morgan fingerprint density at radius 3 is 1.68 bits per heavy atom. The molecule has 246 valence electrons. The van der Waals surface area contributed by atoms with E-state index in [1.807, 2.05) is 12.1 Å². The van der Waals surface area contributed by atoms with Gasteiger partial charge in [-0.05, 0) is 79.0 Å². The van der Waals surface area contributed by atoms with Crippen LogP contribution in [0.25, 0.3) is 110 Å². The van der Waals surface area contributed by atoms with Gasteiger partial charge in [-0.25, -0.2) is 15.0 Å². The van der Waals surface area contributed by atoms with Crippen LogP contribution in [0.4, 0.5) is 0 Å². The van der Waals surface area contributed by atoms with Crippen LogP contribution < -0.4 is 0 Å². The van der Waals surface area contributed by atoms with Gasteiger partial charge in [0.05, 0.1) is 0 Å². The lowest BCUT2D eigenvalue weighted by molar-refractivity contribution is 0.670. The maximum atomic E-state index is 6.74. The summed E-state index contributed by atoms with van der Waals surface area (Å²) in [5, 5.41) is 11.4. The first-order valence-electron chi connectivity index (χ1n) is 17.9. The van der Waals surface area contributed by atoms with Crippen LogP contribution >= 0.6 is 0 Å². The Labute approximate surface area is 304 Å². The molecule has 9 aromatic carbocycles. The first-order valence-corrected chi connectivity index (χ1v) is 17.9.